The van der Waals surface area contributed by atoms with Gasteiger partial charge in [-0.1, -0.05) is 174 Å². The summed E-state index contributed by atoms with van der Waals surface area (Å²) in [5.41, 5.74) is 0. The van der Waals surface area contributed by atoms with E-state index in [2.05, 4.69) is 36.6 Å². The summed E-state index contributed by atoms with van der Waals surface area (Å²) in [5, 5.41) is 136. The van der Waals surface area contributed by atoms with Crippen LogP contribution in [0.15, 0.2) is 12.2 Å². The number of unbranched alkanes of at least 4 members (excludes halogenated alkanes) is 25. The largest absolute Gasteiger partial charge is 0.477 e. The van der Waals surface area contributed by atoms with Gasteiger partial charge in [0.05, 0.1) is 50.7 Å². The molecule has 0 spiro atoms. The molecule has 2 amide bonds. The number of nitrogens with one attached hydrogen (secondary N) is 2. The van der Waals surface area contributed by atoms with Crippen molar-refractivity contribution in [1.82, 2.24) is 10.6 Å². The van der Waals surface area contributed by atoms with Gasteiger partial charge in [-0.25, -0.2) is 4.79 Å². The SMILES string of the molecule is CCCCC/C=C\CCCCCCCC(=O)NC(COC1OC(CO)C(OC2OC(CO)C(O)C(OC3(C(=O)O)CC(O)C(NC(C)=O)C(C(O)C(O)CO)O3)C2O)C(O)C1O)C(O)CCCCCCCCCCCCCCCCCCCC. The Labute approximate surface area is 499 Å². The molecule has 84 heavy (non-hydrogen) atoms. The van der Waals surface area contributed by atoms with Crippen molar-refractivity contribution in [3.05, 3.63) is 12.2 Å². The van der Waals surface area contributed by atoms with Crippen LogP contribution < -0.4 is 10.6 Å². The van der Waals surface area contributed by atoms with Gasteiger partial charge in [-0.05, 0) is 38.5 Å². The number of carboxylic acids is 1. The third-order valence-corrected chi connectivity index (χ3v) is 16.5. The van der Waals surface area contributed by atoms with Gasteiger partial charge in [0, 0.05) is 19.8 Å². The van der Waals surface area contributed by atoms with E-state index in [4.69, 9.17) is 28.4 Å². The molecule has 3 aliphatic heterocycles. The Balaban J connectivity index is 1.63. The first kappa shape index (κ1) is 75.7. The zero-order valence-electron chi connectivity index (χ0n) is 50.8. The average molecular weight is 1210 g/mol. The van der Waals surface area contributed by atoms with Crippen LogP contribution in [-0.2, 0) is 42.8 Å². The maximum Gasteiger partial charge on any atom is 0.364 e. The van der Waals surface area contributed by atoms with Crippen molar-refractivity contribution in [1.29, 1.82) is 0 Å². The van der Waals surface area contributed by atoms with Gasteiger partial charge in [-0.15, -0.1) is 0 Å². The first-order valence-corrected chi connectivity index (χ1v) is 32.0. The van der Waals surface area contributed by atoms with Crippen LogP contribution in [0.1, 0.15) is 220 Å². The Bertz CT molecular complexity index is 1770. The fourth-order valence-electron chi connectivity index (χ4n) is 11.3. The van der Waals surface area contributed by atoms with Crippen molar-refractivity contribution in [2.75, 3.05) is 26.4 Å². The summed E-state index contributed by atoms with van der Waals surface area (Å²) in [7, 11) is 0. The number of aliphatic hydroxyl groups is 11. The number of carbonyl (C=O) groups is 3. The number of allylic oxidation sites excluding steroid dienone is 2. The molecule has 0 aliphatic carbocycles. The maximum absolute atomic E-state index is 13.4. The number of aliphatic carboxylic acids is 1. The van der Waals surface area contributed by atoms with E-state index in [0.29, 0.717) is 19.3 Å². The lowest BCUT2D eigenvalue weighted by Gasteiger charge is -2.50. The van der Waals surface area contributed by atoms with E-state index < -0.39 is 148 Å². The summed E-state index contributed by atoms with van der Waals surface area (Å²) in [4.78, 5) is 38.4. The molecule has 3 aliphatic rings. The van der Waals surface area contributed by atoms with Gasteiger partial charge in [0.2, 0.25) is 11.8 Å². The standard InChI is InChI=1S/C61H112N2O21/c1-4-6-8-10-12-14-16-18-19-20-21-22-23-24-26-28-30-32-34-43(68)42(63-48(71)35-33-31-29-27-25-17-15-13-11-9-7-5-2)40-79-58-53(75)52(74)55(47(39-66)81-58)82-59-54(76)57(51(73)46(38-65)80-59)84-61(60(77)78)36-44(69)49(62-41(3)67)56(83-61)50(72)45(70)37-64/h13,15,42-47,49-59,64-66,68-70,72-76H,4-12,14,16-40H2,1-3H3,(H,62,67)(H,63,71)(H,77,78)/b15-13-. The number of hydrogen-bond donors (Lipinski definition) is 14. The molecule has 0 aromatic carbocycles. The highest BCUT2D eigenvalue weighted by Gasteiger charge is 2.60. The lowest BCUT2D eigenvalue weighted by atomic mass is 9.88. The molecule has 0 radical (unpaired) electrons. The van der Waals surface area contributed by atoms with Crippen molar-refractivity contribution in [2.45, 2.75) is 330 Å². The van der Waals surface area contributed by atoms with E-state index in [1.165, 1.54) is 103 Å². The van der Waals surface area contributed by atoms with Crippen LogP contribution >= 0.6 is 0 Å². The molecule has 0 aromatic rings. The van der Waals surface area contributed by atoms with Crippen LogP contribution in [-0.4, -0.2) is 215 Å². The van der Waals surface area contributed by atoms with Gasteiger partial charge in [-0.3, -0.25) is 9.59 Å². The van der Waals surface area contributed by atoms with Crippen LogP contribution in [0.25, 0.3) is 0 Å². The first-order chi connectivity index (χ1) is 40.4. The fraction of sp³-hybridized carbons (Fsp3) is 0.918. The minimum atomic E-state index is -3.08. The minimum absolute atomic E-state index is 0.214. The zero-order chi connectivity index (χ0) is 61.9. The quantitative estimate of drug-likeness (QED) is 0.0303. The normalized spacial score (nSPS) is 29.8. The predicted octanol–water partition coefficient (Wildman–Crippen LogP) is 3.95. The lowest BCUT2D eigenvalue weighted by Crippen LogP contribution is -2.70. The molecule has 0 saturated carbocycles. The van der Waals surface area contributed by atoms with E-state index in [1.807, 2.05) is 0 Å². The van der Waals surface area contributed by atoms with Crippen molar-refractivity contribution in [2.24, 2.45) is 0 Å². The van der Waals surface area contributed by atoms with Crippen molar-refractivity contribution < 1.29 is 104 Å². The highest BCUT2D eigenvalue weighted by molar-refractivity contribution is 5.77. The average Bonchev–Trinajstić information content (AvgIpc) is 1.21. The monoisotopic (exact) mass is 1210 g/mol. The van der Waals surface area contributed by atoms with Gasteiger partial charge >= 0.3 is 5.97 Å². The Morgan fingerprint density at radius 2 is 1.11 bits per heavy atom. The van der Waals surface area contributed by atoms with E-state index in [0.717, 1.165) is 71.1 Å². The zero-order valence-corrected chi connectivity index (χ0v) is 50.8. The number of aliphatic hydroxyl groups excluding tert-OH is 11. The second-order valence-corrected chi connectivity index (χ2v) is 23.6. The number of carboxylic acid groups (broad SMARTS) is 1. The fourth-order valence-corrected chi connectivity index (χ4v) is 11.3. The number of ether oxygens (including phenoxy) is 6. The Morgan fingerprint density at radius 1 is 0.607 bits per heavy atom. The molecular formula is C61H112N2O21. The number of rotatable bonds is 47. The molecule has 0 bridgehead atoms. The molecule has 18 atom stereocenters. The molecule has 23 heteroatoms. The van der Waals surface area contributed by atoms with Crippen molar-refractivity contribution in [3.63, 3.8) is 0 Å². The molecule has 3 heterocycles. The molecule has 0 aromatic heterocycles. The summed E-state index contributed by atoms with van der Waals surface area (Å²) in [6, 6.07) is -2.53. The summed E-state index contributed by atoms with van der Waals surface area (Å²) < 4.78 is 34.8. The van der Waals surface area contributed by atoms with E-state index in [1.54, 1.807) is 0 Å². The number of carbonyl (C=O) groups excluding carboxylic acids is 2. The van der Waals surface area contributed by atoms with Gasteiger partial charge in [-0.2, -0.15) is 0 Å². The van der Waals surface area contributed by atoms with Gasteiger partial charge < -0.3 is 100 Å². The second kappa shape index (κ2) is 43.2. The third kappa shape index (κ3) is 26.7. The minimum Gasteiger partial charge on any atom is -0.477 e. The van der Waals surface area contributed by atoms with Gasteiger partial charge in [0.25, 0.3) is 5.79 Å². The van der Waals surface area contributed by atoms with Gasteiger partial charge in [0.15, 0.2) is 12.6 Å². The summed E-state index contributed by atoms with van der Waals surface area (Å²) in [5.74, 6) is -6.11. The van der Waals surface area contributed by atoms with Crippen LogP contribution in [0.5, 0.6) is 0 Å². The van der Waals surface area contributed by atoms with Crippen LogP contribution in [0.3, 0.4) is 0 Å². The highest BCUT2D eigenvalue weighted by atomic mass is 16.8. The Morgan fingerprint density at radius 3 is 1.63 bits per heavy atom. The van der Waals surface area contributed by atoms with Crippen LogP contribution in [0, 0.1) is 0 Å². The molecule has 3 fully saturated rings. The van der Waals surface area contributed by atoms with E-state index in [-0.39, 0.29) is 18.9 Å². The number of hydrogen-bond acceptors (Lipinski definition) is 20. The third-order valence-electron chi connectivity index (χ3n) is 16.5. The Kier molecular flexibility index (Phi) is 38.9. The first-order valence-electron chi connectivity index (χ1n) is 32.0. The summed E-state index contributed by atoms with van der Waals surface area (Å²) in [6.45, 7) is 2.15. The Hall–Kier alpha value is -2.53. The molecule has 23 nitrogen and oxygen atoms in total. The van der Waals surface area contributed by atoms with E-state index >= 15 is 0 Å². The second-order valence-electron chi connectivity index (χ2n) is 23.6. The topological polar surface area (TPSA) is 373 Å². The summed E-state index contributed by atoms with van der Waals surface area (Å²) in [6.07, 6.45) is 8.04. The molecule has 3 rings (SSSR count). The molecule has 18 unspecified atom stereocenters. The maximum atomic E-state index is 13.4. The van der Waals surface area contributed by atoms with Crippen molar-refractivity contribution >= 4 is 17.8 Å². The van der Waals surface area contributed by atoms with Crippen LogP contribution in [0.4, 0.5) is 0 Å². The lowest BCUT2D eigenvalue weighted by molar-refractivity contribution is -0.386. The van der Waals surface area contributed by atoms with Gasteiger partial charge in [0.1, 0.15) is 67.1 Å². The molecule has 14 N–H and O–H groups in total. The van der Waals surface area contributed by atoms with Crippen LogP contribution in [0.2, 0.25) is 0 Å². The highest BCUT2D eigenvalue weighted by Crippen LogP contribution is 2.38. The predicted molar refractivity (Wildman–Crippen MR) is 311 cm³/mol. The van der Waals surface area contributed by atoms with Crippen molar-refractivity contribution in [3.8, 4) is 0 Å². The van der Waals surface area contributed by atoms with E-state index in [9.17, 15) is 75.7 Å². The molecule has 3 saturated heterocycles. The smallest absolute Gasteiger partial charge is 0.364 e. The molecule has 492 valence electrons. The number of amides is 2. The summed E-state index contributed by atoms with van der Waals surface area (Å²) >= 11 is 0. The molecular weight excluding hydrogens is 1100 g/mol.